The first kappa shape index (κ1) is 26.4. The van der Waals surface area contributed by atoms with E-state index in [2.05, 4.69) is 169 Å². The van der Waals surface area contributed by atoms with Crippen LogP contribution in [0.1, 0.15) is 11.1 Å². The number of fused-ring (bicyclic) bond motifs is 12. The van der Waals surface area contributed by atoms with Crippen molar-refractivity contribution in [1.82, 2.24) is 0 Å². The highest BCUT2D eigenvalue weighted by Gasteiger charge is 2.23. The molecule has 0 spiro atoms. The molecule has 0 saturated carbocycles. The molecular formula is C48H26O. The molecule has 11 rings (SSSR count). The van der Waals surface area contributed by atoms with Gasteiger partial charge in [0.1, 0.15) is 11.2 Å². The maximum absolute atomic E-state index is 6.50. The number of benzene rings is 9. The molecule has 49 heavy (non-hydrogen) atoms. The molecule has 10 aromatic rings. The van der Waals surface area contributed by atoms with Crippen LogP contribution in [0.25, 0.3) is 110 Å². The molecule has 0 amide bonds. The van der Waals surface area contributed by atoms with Crippen LogP contribution in [0.3, 0.4) is 0 Å². The largest absolute Gasteiger partial charge is 0.455 e. The molecule has 0 unspecified atom stereocenters. The van der Waals surface area contributed by atoms with E-state index in [0.717, 1.165) is 38.5 Å². The van der Waals surface area contributed by atoms with Crippen LogP contribution < -0.4 is 0 Å². The third-order valence-corrected chi connectivity index (χ3v) is 10.5. The van der Waals surface area contributed by atoms with Gasteiger partial charge in [-0.05, 0) is 118 Å². The van der Waals surface area contributed by atoms with Crippen molar-refractivity contribution >= 4 is 88.0 Å². The van der Waals surface area contributed by atoms with Crippen molar-refractivity contribution in [1.29, 1.82) is 0 Å². The highest BCUT2D eigenvalue weighted by Crippen LogP contribution is 2.48. The van der Waals surface area contributed by atoms with Crippen LogP contribution in [0.15, 0.2) is 161 Å². The number of rotatable bonds is 2. The van der Waals surface area contributed by atoms with Crippen LogP contribution in [0, 0.1) is 0 Å². The van der Waals surface area contributed by atoms with E-state index in [-0.39, 0.29) is 0 Å². The zero-order valence-electron chi connectivity index (χ0n) is 26.4. The fraction of sp³-hybridized carbons (Fsp3) is 0. The van der Waals surface area contributed by atoms with E-state index in [1.165, 1.54) is 70.7 Å². The van der Waals surface area contributed by atoms with Gasteiger partial charge in [-0.1, -0.05) is 133 Å². The minimum Gasteiger partial charge on any atom is -0.455 e. The van der Waals surface area contributed by atoms with Crippen molar-refractivity contribution in [3.05, 3.63) is 168 Å². The highest BCUT2D eigenvalue weighted by molar-refractivity contribution is 6.26. The summed E-state index contributed by atoms with van der Waals surface area (Å²) in [6.07, 6.45) is 4.24. The molecule has 1 heterocycles. The zero-order valence-corrected chi connectivity index (χ0v) is 26.4. The van der Waals surface area contributed by atoms with Crippen LogP contribution in [-0.4, -0.2) is 0 Å². The molecule has 0 bridgehead atoms. The van der Waals surface area contributed by atoms with Crippen molar-refractivity contribution in [3.63, 3.8) is 0 Å². The molecule has 0 fully saturated rings. The Morgan fingerprint density at radius 3 is 1.78 bits per heavy atom. The van der Waals surface area contributed by atoms with E-state index in [4.69, 9.17) is 4.42 Å². The number of hydrogen-bond donors (Lipinski definition) is 0. The summed E-state index contributed by atoms with van der Waals surface area (Å²) in [4.78, 5) is 0. The van der Waals surface area contributed by atoms with E-state index in [0.29, 0.717) is 0 Å². The fourth-order valence-electron chi connectivity index (χ4n) is 8.35. The molecule has 224 valence electrons. The Balaban J connectivity index is 1.23. The van der Waals surface area contributed by atoms with Gasteiger partial charge >= 0.3 is 0 Å². The molecular weight excluding hydrogens is 593 g/mol. The smallest absolute Gasteiger partial charge is 0.143 e. The second kappa shape index (κ2) is 9.94. The normalized spacial score (nSPS) is 12.4. The summed E-state index contributed by atoms with van der Waals surface area (Å²) in [6, 6.07) is 52.9. The Bertz CT molecular complexity index is 3180. The Kier molecular flexibility index (Phi) is 5.37. The Morgan fingerprint density at radius 1 is 0.388 bits per heavy atom. The molecule has 1 nitrogen and oxygen atoms in total. The summed E-state index contributed by atoms with van der Waals surface area (Å²) in [5, 5.41) is 14.6. The van der Waals surface area contributed by atoms with Gasteiger partial charge in [0.2, 0.25) is 0 Å². The summed E-state index contributed by atoms with van der Waals surface area (Å²) >= 11 is 0. The predicted molar refractivity (Wildman–Crippen MR) is 208 cm³/mol. The second-order valence-electron chi connectivity index (χ2n) is 13.0. The lowest BCUT2D eigenvalue weighted by molar-refractivity contribution is 0.672. The summed E-state index contributed by atoms with van der Waals surface area (Å²) < 4.78 is 6.50. The first-order valence-corrected chi connectivity index (χ1v) is 16.8. The number of furan rings is 1. The van der Waals surface area contributed by atoms with Crippen molar-refractivity contribution in [2.75, 3.05) is 0 Å². The monoisotopic (exact) mass is 618 g/mol. The lowest BCUT2D eigenvalue weighted by atomic mass is 9.80. The van der Waals surface area contributed by atoms with Crippen LogP contribution in [0.2, 0.25) is 0 Å². The standard InChI is InChI=1S/C48H26O/c1-3-13-33-29(11-1)21-22-31-28-43(35-15-5-6-16-36(35)45(31)33)47-39-19-9-7-17-37(39)46(38-18-8-10-20-40(38)47)32-24-26-44-42(27-32)41-25-23-30-12-2-4-14-34(30)48(41)49-44/h1-7,9,11-28H. The Hall–Kier alpha value is -6.62. The summed E-state index contributed by atoms with van der Waals surface area (Å²) in [5.41, 5.74) is 15.6. The van der Waals surface area contributed by atoms with Gasteiger partial charge in [0.05, 0.1) is 0 Å². The summed E-state index contributed by atoms with van der Waals surface area (Å²) in [7, 11) is 0. The van der Waals surface area contributed by atoms with E-state index in [1.54, 1.807) is 0 Å². The molecule has 0 saturated heterocycles. The lowest BCUT2D eigenvalue weighted by Gasteiger charge is -2.22. The Labute approximate surface area is 281 Å². The van der Waals surface area contributed by atoms with Crippen LogP contribution in [0.5, 0.6) is 0 Å². The molecule has 0 atom stereocenters. The maximum atomic E-state index is 6.50. The first-order chi connectivity index (χ1) is 24.3. The molecule has 1 aromatic heterocycles. The first-order valence-electron chi connectivity index (χ1n) is 16.8. The van der Waals surface area contributed by atoms with Crippen LogP contribution >= 0.6 is 0 Å². The van der Waals surface area contributed by atoms with Crippen LogP contribution in [-0.2, 0) is 0 Å². The molecule has 1 aliphatic rings. The molecule has 1 heteroatoms. The fourth-order valence-corrected chi connectivity index (χ4v) is 8.35. The lowest BCUT2D eigenvalue weighted by Crippen LogP contribution is -1.97. The van der Waals surface area contributed by atoms with Crippen LogP contribution in [0.4, 0.5) is 0 Å². The van der Waals surface area contributed by atoms with Gasteiger partial charge in [-0.3, -0.25) is 0 Å². The summed E-state index contributed by atoms with van der Waals surface area (Å²) in [5.74, 6) is 0. The maximum Gasteiger partial charge on any atom is 0.143 e. The third-order valence-electron chi connectivity index (χ3n) is 10.5. The average molecular weight is 619 g/mol. The van der Waals surface area contributed by atoms with Gasteiger partial charge in [0.25, 0.3) is 0 Å². The van der Waals surface area contributed by atoms with Gasteiger partial charge in [-0.25, -0.2) is 0 Å². The van der Waals surface area contributed by atoms with E-state index in [9.17, 15) is 0 Å². The minimum atomic E-state index is 0.899. The minimum absolute atomic E-state index is 0.899. The van der Waals surface area contributed by atoms with E-state index < -0.39 is 0 Å². The van der Waals surface area contributed by atoms with Crippen molar-refractivity contribution in [3.8, 4) is 22.3 Å². The van der Waals surface area contributed by atoms with Gasteiger partial charge < -0.3 is 4.42 Å². The third kappa shape index (κ3) is 3.72. The molecule has 0 aliphatic heterocycles. The van der Waals surface area contributed by atoms with Crippen molar-refractivity contribution < 1.29 is 4.42 Å². The van der Waals surface area contributed by atoms with Gasteiger partial charge in [-0.2, -0.15) is 0 Å². The highest BCUT2D eigenvalue weighted by atomic mass is 16.3. The number of hydrogen-bond acceptors (Lipinski definition) is 1. The van der Waals surface area contributed by atoms with Crippen molar-refractivity contribution in [2.45, 2.75) is 0 Å². The predicted octanol–water partition coefficient (Wildman–Crippen LogP) is 13.5. The molecule has 1 aliphatic carbocycles. The van der Waals surface area contributed by atoms with E-state index in [1.807, 2.05) is 0 Å². The second-order valence-corrected chi connectivity index (χ2v) is 13.0. The van der Waals surface area contributed by atoms with E-state index >= 15 is 0 Å². The Morgan fingerprint density at radius 2 is 0.980 bits per heavy atom. The molecule has 9 aromatic carbocycles. The van der Waals surface area contributed by atoms with Crippen molar-refractivity contribution in [2.24, 2.45) is 0 Å². The zero-order chi connectivity index (χ0) is 32.1. The quantitative estimate of drug-likeness (QED) is 0.139. The van der Waals surface area contributed by atoms with Gasteiger partial charge in [-0.15, -0.1) is 0 Å². The van der Waals surface area contributed by atoms with Gasteiger partial charge in [0.15, 0.2) is 0 Å². The SMILES string of the molecule is C1=C=Cc2c(c(-c3ccc4oc5c6ccccc6ccc5c4c3)c3ccccc3c2-c2cc3ccc4ccccc4c3c3ccccc23)C=1. The van der Waals surface area contributed by atoms with Gasteiger partial charge in [0, 0.05) is 16.2 Å². The molecule has 0 N–H and O–H groups in total. The average Bonchev–Trinajstić information content (AvgIpc) is 3.55. The topological polar surface area (TPSA) is 13.1 Å². The molecule has 0 radical (unpaired) electrons. The summed E-state index contributed by atoms with van der Waals surface area (Å²) in [6.45, 7) is 0.